The Hall–Kier alpha value is -3.56. The van der Waals surface area contributed by atoms with E-state index in [2.05, 4.69) is 5.32 Å². The van der Waals surface area contributed by atoms with E-state index in [9.17, 15) is 13.2 Å². The monoisotopic (exact) mass is 442 g/mol. The fourth-order valence-corrected chi connectivity index (χ4v) is 3.53. The lowest BCUT2D eigenvalue weighted by molar-refractivity contribution is -0.115. The van der Waals surface area contributed by atoms with Gasteiger partial charge in [0.2, 0.25) is 15.9 Å². The van der Waals surface area contributed by atoms with Gasteiger partial charge in [0.05, 0.1) is 20.6 Å². The summed E-state index contributed by atoms with van der Waals surface area (Å²) in [6.07, 6.45) is 0.146. The maximum atomic E-state index is 12.3. The van der Waals surface area contributed by atoms with Gasteiger partial charge in [-0.15, -0.1) is 0 Å². The number of methoxy groups -OCH3 is 2. The minimum Gasteiger partial charge on any atom is -0.496 e. The molecule has 0 saturated heterocycles. The van der Waals surface area contributed by atoms with Crippen molar-refractivity contribution in [1.29, 1.82) is 0 Å². The SMILES string of the molecule is COc1cc(OC)cc(Oc2ccc(NC(=O)Cc3ccccc3)cc2S(N)(=O)=O)c1. The molecule has 3 aromatic carbocycles. The fourth-order valence-electron chi connectivity index (χ4n) is 2.85. The van der Waals surface area contributed by atoms with Crippen LogP contribution in [0.4, 0.5) is 5.69 Å². The third-order valence-electron chi connectivity index (χ3n) is 4.29. The maximum absolute atomic E-state index is 12.3. The highest BCUT2D eigenvalue weighted by molar-refractivity contribution is 7.89. The molecule has 31 heavy (non-hydrogen) atoms. The zero-order valence-electron chi connectivity index (χ0n) is 17.0. The first-order valence-electron chi connectivity index (χ1n) is 9.20. The molecule has 0 bridgehead atoms. The molecular formula is C22H22N2O6S. The number of sulfonamides is 1. The van der Waals surface area contributed by atoms with Crippen LogP contribution >= 0.6 is 0 Å². The van der Waals surface area contributed by atoms with Crippen molar-refractivity contribution in [3.63, 3.8) is 0 Å². The highest BCUT2D eigenvalue weighted by atomic mass is 32.2. The van der Waals surface area contributed by atoms with E-state index in [1.807, 2.05) is 30.3 Å². The van der Waals surface area contributed by atoms with E-state index in [0.29, 0.717) is 17.2 Å². The predicted molar refractivity (Wildman–Crippen MR) is 116 cm³/mol. The van der Waals surface area contributed by atoms with Crippen molar-refractivity contribution in [1.82, 2.24) is 0 Å². The van der Waals surface area contributed by atoms with Crippen LogP contribution in [0.5, 0.6) is 23.0 Å². The first kappa shape index (κ1) is 22.1. The molecule has 0 aliphatic heterocycles. The number of primary sulfonamides is 1. The molecule has 0 unspecified atom stereocenters. The van der Waals surface area contributed by atoms with Gasteiger partial charge in [0.25, 0.3) is 0 Å². The quantitative estimate of drug-likeness (QED) is 0.553. The van der Waals surface area contributed by atoms with Crippen LogP contribution in [0.25, 0.3) is 0 Å². The number of hydrogen-bond acceptors (Lipinski definition) is 6. The van der Waals surface area contributed by atoms with E-state index >= 15 is 0 Å². The van der Waals surface area contributed by atoms with E-state index in [1.54, 1.807) is 18.2 Å². The predicted octanol–water partition coefficient (Wildman–Crippen LogP) is 3.32. The van der Waals surface area contributed by atoms with Crippen LogP contribution < -0.4 is 24.7 Å². The Labute approximate surface area is 180 Å². The highest BCUT2D eigenvalue weighted by Crippen LogP contribution is 2.34. The van der Waals surface area contributed by atoms with Gasteiger partial charge in [-0.2, -0.15) is 0 Å². The van der Waals surface area contributed by atoms with Crippen LogP contribution in [0.3, 0.4) is 0 Å². The number of amides is 1. The van der Waals surface area contributed by atoms with Crippen LogP contribution in [0.2, 0.25) is 0 Å². The molecule has 0 saturated carbocycles. The lowest BCUT2D eigenvalue weighted by atomic mass is 10.1. The summed E-state index contributed by atoms with van der Waals surface area (Å²) in [5.74, 6) is 0.936. The molecule has 0 aromatic heterocycles. The molecule has 162 valence electrons. The number of nitrogens with one attached hydrogen (secondary N) is 1. The van der Waals surface area contributed by atoms with Gasteiger partial charge in [0, 0.05) is 23.9 Å². The molecule has 0 spiro atoms. The second-order valence-corrected chi connectivity index (χ2v) is 8.10. The Bertz CT molecular complexity index is 1160. The molecular weight excluding hydrogens is 420 g/mol. The molecule has 0 heterocycles. The minimum atomic E-state index is -4.14. The zero-order valence-corrected chi connectivity index (χ0v) is 17.8. The molecule has 0 aliphatic rings. The molecule has 1 amide bonds. The first-order valence-corrected chi connectivity index (χ1v) is 10.7. The van der Waals surface area contributed by atoms with Crippen molar-refractivity contribution in [2.24, 2.45) is 5.14 Å². The van der Waals surface area contributed by atoms with Crippen LogP contribution in [0.1, 0.15) is 5.56 Å². The maximum Gasteiger partial charge on any atom is 0.241 e. The summed E-state index contributed by atoms with van der Waals surface area (Å²) >= 11 is 0. The molecule has 8 nitrogen and oxygen atoms in total. The summed E-state index contributed by atoms with van der Waals surface area (Å²) in [6.45, 7) is 0. The number of benzene rings is 3. The van der Waals surface area contributed by atoms with E-state index in [1.165, 1.54) is 32.4 Å². The number of carbonyl (C=O) groups excluding carboxylic acids is 1. The van der Waals surface area contributed by atoms with Crippen LogP contribution in [0, 0.1) is 0 Å². The largest absolute Gasteiger partial charge is 0.496 e. The number of ether oxygens (including phenoxy) is 3. The number of anilines is 1. The van der Waals surface area contributed by atoms with Gasteiger partial charge in [-0.25, -0.2) is 13.6 Å². The summed E-state index contributed by atoms with van der Waals surface area (Å²) in [4.78, 5) is 12.0. The number of hydrogen-bond donors (Lipinski definition) is 2. The highest BCUT2D eigenvalue weighted by Gasteiger charge is 2.18. The first-order chi connectivity index (χ1) is 14.8. The van der Waals surface area contributed by atoms with Crippen molar-refractivity contribution in [3.05, 3.63) is 72.3 Å². The van der Waals surface area contributed by atoms with E-state index in [-0.39, 0.29) is 28.7 Å². The van der Waals surface area contributed by atoms with Crippen molar-refractivity contribution < 1.29 is 27.4 Å². The average molecular weight is 442 g/mol. The topological polar surface area (TPSA) is 117 Å². The Morgan fingerprint density at radius 1 is 0.903 bits per heavy atom. The normalized spacial score (nSPS) is 10.9. The Balaban J connectivity index is 1.86. The molecule has 0 fully saturated rings. The van der Waals surface area contributed by atoms with Gasteiger partial charge in [-0.1, -0.05) is 30.3 Å². The van der Waals surface area contributed by atoms with Crippen molar-refractivity contribution in [2.45, 2.75) is 11.3 Å². The van der Waals surface area contributed by atoms with Gasteiger partial charge in [0.15, 0.2) is 0 Å². The van der Waals surface area contributed by atoms with Crippen molar-refractivity contribution in [3.8, 4) is 23.0 Å². The third-order valence-corrected chi connectivity index (χ3v) is 5.23. The van der Waals surface area contributed by atoms with E-state index < -0.39 is 10.0 Å². The van der Waals surface area contributed by atoms with Gasteiger partial charge in [-0.05, 0) is 23.8 Å². The molecule has 3 N–H and O–H groups in total. The Kier molecular flexibility index (Phi) is 6.78. The van der Waals surface area contributed by atoms with Gasteiger partial charge in [0.1, 0.15) is 27.9 Å². The number of carbonyl (C=O) groups is 1. The molecule has 3 rings (SSSR count). The van der Waals surface area contributed by atoms with Crippen molar-refractivity contribution >= 4 is 21.6 Å². The Morgan fingerprint density at radius 3 is 2.10 bits per heavy atom. The smallest absolute Gasteiger partial charge is 0.241 e. The van der Waals surface area contributed by atoms with Gasteiger partial charge in [-0.3, -0.25) is 4.79 Å². The standard InChI is InChI=1S/C22H22N2O6S/c1-28-17-12-18(29-2)14-19(13-17)30-20-9-8-16(11-21(20)31(23,26)27)24-22(25)10-15-6-4-3-5-7-15/h3-9,11-14H,10H2,1-2H3,(H,24,25)(H2,23,26,27). The van der Waals surface area contributed by atoms with Crippen LogP contribution in [-0.4, -0.2) is 28.5 Å². The number of nitrogens with two attached hydrogens (primary N) is 1. The number of rotatable bonds is 8. The van der Waals surface area contributed by atoms with Crippen LogP contribution in [0.15, 0.2) is 71.6 Å². The lowest BCUT2D eigenvalue weighted by Crippen LogP contribution is -2.17. The summed E-state index contributed by atoms with van der Waals surface area (Å²) in [7, 11) is -1.17. The summed E-state index contributed by atoms with van der Waals surface area (Å²) in [6, 6.07) is 18.2. The second-order valence-electron chi connectivity index (χ2n) is 6.57. The van der Waals surface area contributed by atoms with Gasteiger partial charge >= 0.3 is 0 Å². The van der Waals surface area contributed by atoms with Gasteiger partial charge < -0.3 is 19.5 Å². The van der Waals surface area contributed by atoms with E-state index in [4.69, 9.17) is 19.3 Å². The Morgan fingerprint density at radius 2 is 1.52 bits per heavy atom. The fraction of sp³-hybridized carbons (Fsp3) is 0.136. The lowest BCUT2D eigenvalue weighted by Gasteiger charge is -2.14. The molecule has 9 heteroatoms. The molecule has 3 aromatic rings. The summed E-state index contributed by atoms with van der Waals surface area (Å²) in [5, 5.41) is 8.05. The molecule has 0 aliphatic carbocycles. The van der Waals surface area contributed by atoms with Crippen LogP contribution in [-0.2, 0) is 21.2 Å². The second kappa shape index (κ2) is 9.50. The molecule has 0 atom stereocenters. The summed E-state index contributed by atoms with van der Waals surface area (Å²) in [5.41, 5.74) is 1.11. The molecule has 0 radical (unpaired) electrons. The van der Waals surface area contributed by atoms with E-state index in [0.717, 1.165) is 5.56 Å². The average Bonchev–Trinajstić information content (AvgIpc) is 2.74. The minimum absolute atomic E-state index is 0.00105. The summed E-state index contributed by atoms with van der Waals surface area (Å²) < 4.78 is 40.4. The third kappa shape index (κ3) is 5.97. The van der Waals surface area contributed by atoms with Crippen molar-refractivity contribution in [2.75, 3.05) is 19.5 Å². The zero-order chi connectivity index (χ0) is 22.4.